The number of amides is 6. The minimum Gasteiger partial charge on any atom is -0.480 e. The number of hydrogen-bond donors (Lipinski definition) is 2. The Balaban J connectivity index is 0.000000155. The lowest BCUT2D eigenvalue weighted by Gasteiger charge is -2.29. The molecule has 2 saturated carbocycles. The highest BCUT2D eigenvalue weighted by atomic mass is 16.7. The van der Waals surface area contributed by atoms with Crippen molar-refractivity contribution in [2.45, 2.75) is 103 Å². The third-order valence-electron chi connectivity index (χ3n) is 9.69. The number of hydrogen-bond acceptors (Lipinski definition) is 12. The van der Waals surface area contributed by atoms with Gasteiger partial charge < -0.3 is 19.4 Å². The van der Waals surface area contributed by atoms with E-state index in [1.54, 1.807) is 65.8 Å². The number of ether oxygens (including phenoxy) is 2. The summed E-state index contributed by atoms with van der Waals surface area (Å²) in [7, 11) is 0. The average molecular weight is 763 g/mol. The van der Waals surface area contributed by atoms with E-state index in [2.05, 4.69) is 0 Å². The molecule has 55 heavy (non-hydrogen) atoms. The number of aliphatic carboxylic acids is 1. The van der Waals surface area contributed by atoms with Crippen LogP contribution >= 0.6 is 0 Å². The monoisotopic (exact) mass is 762 g/mol. The molecule has 2 N–H and O–H groups in total. The van der Waals surface area contributed by atoms with E-state index >= 15 is 0 Å². The van der Waals surface area contributed by atoms with Gasteiger partial charge in [-0.3, -0.25) is 34.2 Å². The van der Waals surface area contributed by atoms with E-state index in [1.807, 2.05) is 0 Å². The van der Waals surface area contributed by atoms with Crippen molar-refractivity contribution in [3.63, 3.8) is 0 Å². The summed E-state index contributed by atoms with van der Waals surface area (Å²) < 4.78 is 10.6. The fourth-order valence-corrected chi connectivity index (χ4v) is 7.08. The Labute approximate surface area is 315 Å². The minimum atomic E-state index is -0.932. The molecule has 292 valence electrons. The molecular formula is C38H42N4O13. The second-order valence-electron chi connectivity index (χ2n) is 16.1. The van der Waals surface area contributed by atoms with Crippen LogP contribution in [-0.4, -0.2) is 113 Å². The van der Waals surface area contributed by atoms with E-state index < -0.39 is 71.0 Å². The van der Waals surface area contributed by atoms with Gasteiger partial charge in [-0.2, -0.15) is 0 Å². The predicted octanol–water partition coefficient (Wildman–Crippen LogP) is 4.28. The molecule has 0 spiro atoms. The molecule has 6 amide bonds. The summed E-state index contributed by atoms with van der Waals surface area (Å²) in [5.74, 6) is -3.83. The topological polar surface area (TPSA) is 218 Å². The Morgan fingerprint density at radius 2 is 0.964 bits per heavy atom. The number of rotatable bonds is 3. The summed E-state index contributed by atoms with van der Waals surface area (Å²) in [6.07, 6.45) is 1.66. The Bertz CT molecular complexity index is 1910. The van der Waals surface area contributed by atoms with E-state index in [0.717, 1.165) is 12.8 Å². The van der Waals surface area contributed by atoms with Gasteiger partial charge in [0.05, 0.1) is 22.3 Å². The highest BCUT2D eigenvalue weighted by Crippen LogP contribution is 2.49. The molecule has 2 saturated heterocycles. The van der Waals surface area contributed by atoms with Gasteiger partial charge in [0, 0.05) is 12.1 Å². The summed E-state index contributed by atoms with van der Waals surface area (Å²) in [4.78, 5) is 103. The Hall–Kier alpha value is -5.84. The first-order chi connectivity index (χ1) is 25.7. The molecule has 2 aliphatic carbocycles. The first-order valence-electron chi connectivity index (χ1n) is 17.8. The molecule has 17 heteroatoms. The third-order valence-corrected chi connectivity index (χ3v) is 9.69. The summed E-state index contributed by atoms with van der Waals surface area (Å²) >= 11 is 0. The van der Waals surface area contributed by atoms with Crippen LogP contribution in [0.3, 0.4) is 0 Å². The van der Waals surface area contributed by atoms with Crippen molar-refractivity contribution in [3.05, 3.63) is 70.8 Å². The van der Waals surface area contributed by atoms with Crippen molar-refractivity contribution in [3.8, 4) is 0 Å². The lowest BCUT2D eigenvalue weighted by atomic mass is 10.1. The summed E-state index contributed by atoms with van der Waals surface area (Å²) in [6, 6.07) is 11.0. The zero-order valence-electron chi connectivity index (χ0n) is 31.1. The van der Waals surface area contributed by atoms with Crippen LogP contribution in [0.2, 0.25) is 0 Å². The van der Waals surface area contributed by atoms with Crippen LogP contribution in [0.1, 0.15) is 109 Å². The maximum atomic E-state index is 12.7. The molecule has 2 aromatic carbocycles. The number of carbonyl (C=O) groups excluding carboxylic acids is 7. The van der Waals surface area contributed by atoms with Crippen molar-refractivity contribution in [1.82, 2.24) is 19.9 Å². The number of hydroxylamine groups is 4. The Morgan fingerprint density at radius 3 is 1.35 bits per heavy atom. The maximum absolute atomic E-state index is 12.7. The molecule has 17 nitrogen and oxygen atoms in total. The lowest BCUT2D eigenvalue weighted by Crippen LogP contribution is -2.48. The van der Waals surface area contributed by atoms with Gasteiger partial charge in [-0.25, -0.2) is 19.2 Å². The van der Waals surface area contributed by atoms with Crippen LogP contribution in [0.5, 0.6) is 0 Å². The van der Waals surface area contributed by atoms with E-state index in [4.69, 9.17) is 24.6 Å². The van der Waals surface area contributed by atoms with Gasteiger partial charge in [0.2, 0.25) is 0 Å². The molecule has 0 radical (unpaired) electrons. The lowest BCUT2D eigenvalue weighted by molar-refractivity contribution is -0.174. The number of nitrogens with zero attached hydrogens (tertiary/aromatic N) is 4. The second kappa shape index (κ2) is 14.1. The van der Waals surface area contributed by atoms with Gasteiger partial charge in [0.1, 0.15) is 23.3 Å². The van der Waals surface area contributed by atoms with Crippen molar-refractivity contribution in [2.24, 2.45) is 11.8 Å². The van der Waals surface area contributed by atoms with Crippen molar-refractivity contribution >= 4 is 47.8 Å². The van der Waals surface area contributed by atoms with E-state index in [9.17, 15) is 38.4 Å². The van der Waals surface area contributed by atoms with Crippen LogP contribution in [0.25, 0.3) is 0 Å². The van der Waals surface area contributed by atoms with Crippen molar-refractivity contribution in [2.75, 3.05) is 0 Å². The van der Waals surface area contributed by atoms with Gasteiger partial charge in [0.15, 0.2) is 0 Å². The summed E-state index contributed by atoms with van der Waals surface area (Å²) in [6.45, 7) is 10.6. The largest absolute Gasteiger partial charge is 0.480 e. The number of carboxylic acids is 1. The molecule has 6 unspecified atom stereocenters. The molecular weight excluding hydrogens is 720 g/mol. The number of piperidine rings is 2. The van der Waals surface area contributed by atoms with Gasteiger partial charge in [0.25, 0.3) is 23.6 Å². The maximum Gasteiger partial charge on any atom is 0.411 e. The number of carboxylic acid groups (broad SMARTS) is 1. The van der Waals surface area contributed by atoms with Crippen LogP contribution in [-0.2, 0) is 23.9 Å². The molecule has 4 fully saturated rings. The molecule has 4 aliphatic heterocycles. The first kappa shape index (κ1) is 38.9. The Morgan fingerprint density at radius 1 is 0.600 bits per heavy atom. The van der Waals surface area contributed by atoms with Crippen LogP contribution in [0.4, 0.5) is 9.59 Å². The van der Waals surface area contributed by atoms with E-state index in [-0.39, 0.29) is 45.3 Å². The first-order valence-corrected chi connectivity index (χ1v) is 17.8. The number of benzene rings is 2. The highest BCUT2D eigenvalue weighted by Gasteiger charge is 2.59. The number of imide groups is 2. The second-order valence-corrected chi connectivity index (χ2v) is 16.1. The fraction of sp³-hybridized carbons (Fsp3) is 0.474. The Kier molecular flexibility index (Phi) is 9.96. The van der Waals surface area contributed by atoms with Crippen molar-refractivity contribution < 1.29 is 63.0 Å². The third kappa shape index (κ3) is 7.87. The molecule has 6 atom stereocenters. The number of fused-ring (bicyclic) bond motifs is 4. The normalized spacial score (nSPS) is 25.4. The molecule has 8 rings (SSSR count). The quantitative estimate of drug-likeness (QED) is 0.330. The molecule has 2 aromatic rings. The van der Waals surface area contributed by atoms with E-state index in [1.165, 1.54) is 34.1 Å². The molecule has 6 aliphatic rings. The zero-order chi connectivity index (χ0) is 40.3. The van der Waals surface area contributed by atoms with E-state index in [0.29, 0.717) is 23.8 Å². The molecule has 4 heterocycles. The van der Waals surface area contributed by atoms with Gasteiger partial charge in [-0.1, -0.05) is 29.3 Å². The van der Waals surface area contributed by atoms with Gasteiger partial charge in [-0.05, 0) is 103 Å². The van der Waals surface area contributed by atoms with Gasteiger partial charge >= 0.3 is 24.1 Å². The van der Waals surface area contributed by atoms with Crippen LogP contribution in [0, 0.1) is 11.8 Å². The fourth-order valence-electron chi connectivity index (χ4n) is 7.08. The molecule has 0 aromatic heterocycles. The average Bonchev–Trinajstić information content (AvgIpc) is 3.93. The summed E-state index contributed by atoms with van der Waals surface area (Å²) in [5.41, 5.74) is -0.383. The predicted molar refractivity (Wildman–Crippen MR) is 186 cm³/mol. The SMILES string of the molecule is CC(C)(C)OC(=O)N1C(C(=O)O)CC2CC21.CC(C)(C)OC(=O)N1C(C(=O)ON2C(=O)c3ccccc3C2=O)CC2CC21.O=C1c2ccccc2C(=O)N1O. The highest BCUT2D eigenvalue weighted by molar-refractivity contribution is 6.21. The smallest absolute Gasteiger partial charge is 0.411 e. The van der Waals surface area contributed by atoms with Gasteiger partial charge in [-0.15, -0.1) is 5.06 Å². The summed E-state index contributed by atoms with van der Waals surface area (Å²) in [5, 5.41) is 18.5. The van der Waals surface area contributed by atoms with Crippen LogP contribution < -0.4 is 0 Å². The number of likely N-dealkylation sites (tertiary alicyclic amines) is 2. The van der Waals surface area contributed by atoms with Crippen LogP contribution in [0.15, 0.2) is 48.5 Å². The minimum absolute atomic E-state index is 0.0559. The zero-order valence-corrected chi connectivity index (χ0v) is 31.1. The van der Waals surface area contributed by atoms with Crippen molar-refractivity contribution in [1.29, 1.82) is 0 Å². The molecule has 0 bridgehead atoms. The number of carbonyl (C=O) groups is 8. The standard InChI is InChI=1S/C19H20N2O6.C11H17NO4.C8H5NO3/c1-19(2,3)26-18(25)20-13-8-10(13)9-14(20)17(24)27-21-15(22)11-6-4-5-7-12(11)16(21)23;1-11(2,3)16-10(15)12-7-4-6(7)5-8(12)9(13)14;10-7-5-3-1-2-4-6(5)8(11)9(7)12/h4-7,10,13-14H,8-9H2,1-3H3;6-8H,4-5H2,1-3H3,(H,13,14);1-4,12H.